The van der Waals surface area contributed by atoms with E-state index in [1.54, 1.807) is 0 Å². The number of rotatable bonds is 7. The third kappa shape index (κ3) is 4.67. The lowest BCUT2D eigenvalue weighted by Crippen LogP contribution is -2.32. The molecular formula is C16H23NO2. The van der Waals surface area contributed by atoms with Crippen molar-refractivity contribution in [1.82, 2.24) is 4.90 Å². The molecule has 104 valence electrons. The maximum atomic E-state index is 10.6. The van der Waals surface area contributed by atoms with Gasteiger partial charge in [-0.25, -0.2) is 0 Å². The molecule has 0 spiro atoms. The minimum Gasteiger partial charge on any atom is -0.481 e. The number of benzene rings is 1. The van der Waals surface area contributed by atoms with Crippen LogP contribution in [0.4, 0.5) is 0 Å². The zero-order valence-corrected chi connectivity index (χ0v) is 11.8. The van der Waals surface area contributed by atoms with Crippen LogP contribution in [0.3, 0.4) is 0 Å². The van der Waals surface area contributed by atoms with Crippen LogP contribution in [0.2, 0.25) is 0 Å². The van der Waals surface area contributed by atoms with Crippen LogP contribution in [-0.2, 0) is 17.8 Å². The second-order valence-corrected chi connectivity index (χ2v) is 5.85. The average molecular weight is 261 g/mol. The number of carboxylic acid groups (broad SMARTS) is 1. The van der Waals surface area contributed by atoms with Gasteiger partial charge in [0.1, 0.15) is 0 Å². The molecule has 3 nitrogen and oxygen atoms in total. The van der Waals surface area contributed by atoms with Crippen LogP contribution in [-0.4, -0.2) is 28.6 Å². The highest BCUT2D eigenvalue weighted by molar-refractivity contribution is 5.70. The number of hydrogen-bond acceptors (Lipinski definition) is 2. The molecule has 2 rings (SSSR count). The van der Waals surface area contributed by atoms with Crippen LogP contribution in [0.5, 0.6) is 0 Å². The molecule has 3 heteroatoms. The van der Waals surface area contributed by atoms with Crippen molar-refractivity contribution in [3.8, 4) is 0 Å². The van der Waals surface area contributed by atoms with E-state index in [-0.39, 0.29) is 6.42 Å². The van der Waals surface area contributed by atoms with Gasteiger partial charge in [-0.05, 0) is 43.7 Å². The van der Waals surface area contributed by atoms with Gasteiger partial charge in [0.05, 0.1) is 6.42 Å². The molecule has 19 heavy (non-hydrogen) atoms. The summed E-state index contributed by atoms with van der Waals surface area (Å²) in [4.78, 5) is 13.1. The van der Waals surface area contributed by atoms with Crippen molar-refractivity contribution in [3.05, 3.63) is 35.4 Å². The number of carbonyl (C=O) groups is 1. The monoisotopic (exact) mass is 261 g/mol. The molecule has 1 saturated carbocycles. The Bertz CT molecular complexity index is 421. The van der Waals surface area contributed by atoms with Gasteiger partial charge < -0.3 is 5.11 Å². The Morgan fingerprint density at radius 3 is 2.32 bits per heavy atom. The minimum atomic E-state index is -0.773. The zero-order chi connectivity index (χ0) is 13.8. The van der Waals surface area contributed by atoms with Crippen LogP contribution < -0.4 is 0 Å². The molecule has 0 saturated heterocycles. The molecule has 1 aromatic carbocycles. The molecule has 1 aromatic rings. The van der Waals surface area contributed by atoms with Crippen molar-refractivity contribution >= 4 is 5.97 Å². The molecule has 0 aromatic heterocycles. The molecule has 0 unspecified atom stereocenters. The van der Waals surface area contributed by atoms with E-state index >= 15 is 0 Å². The van der Waals surface area contributed by atoms with Crippen molar-refractivity contribution in [2.24, 2.45) is 5.92 Å². The van der Waals surface area contributed by atoms with Crippen LogP contribution in [0.15, 0.2) is 24.3 Å². The number of carboxylic acids is 1. The third-order valence-electron chi connectivity index (χ3n) is 3.68. The lowest BCUT2D eigenvalue weighted by molar-refractivity contribution is -0.136. The van der Waals surface area contributed by atoms with Crippen molar-refractivity contribution in [2.75, 3.05) is 6.54 Å². The summed E-state index contributed by atoms with van der Waals surface area (Å²) in [7, 11) is 0. The molecule has 1 fully saturated rings. The van der Waals surface area contributed by atoms with E-state index in [2.05, 4.69) is 30.9 Å². The van der Waals surface area contributed by atoms with E-state index < -0.39 is 5.97 Å². The molecule has 0 amide bonds. The number of hydrogen-bond donors (Lipinski definition) is 1. The summed E-state index contributed by atoms with van der Waals surface area (Å²) in [5.41, 5.74) is 2.14. The quantitative estimate of drug-likeness (QED) is 0.820. The summed E-state index contributed by atoms with van der Waals surface area (Å²) in [6.07, 6.45) is 2.86. The first-order chi connectivity index (χ1) is 9.04. The van der Waals surface area contributed by atoms with Crippen molar-refractivity contribution in [1.29, 1.82) is 0 Å². The van der Waals surface area contributed by atoms with Crippen LogP contribution >= 0.6 is 0 Å². The second kappa shape index (κ2) is 6.20. The summed E-state index contributed by atoms with van der Waals surface area (Å²) < 4.78 is 0. The van der Waals surface area contributed by atoms with Gasteiger partial charge in [0.15, 0.2) is 0 Å². The Labute approximate surface area is 115 Å². The molecule has 0 bridgehead atoms. The smallest absolute Gasteiger partial charge is 0.307 e. The van der Waals surface area contributed by atoms with Gasteiger partial charge in [-0.2, -0.15) is 0 Å². The predicted molar refractivity (Wildman–Crippen MR) is 76.1 cm³/mol. The molecule has 0 aliphatic heterocycles. The normalized spacial score (nSPS) is 15.2. The SMILES string of the molecule is CC(C)N(Cc1ccc(CC(=O)O)cc1)CC1CC1. The van der Waals surface area contributed by atoms with E-state index in [0.29, 0.717) is 6.04 Å². The van der Waals surface area contributed by atoms with E-state index in [0.717, 1.165) is 18.0 Å². The molecule has 0 radical (unpaired) electrons. The van der Waals surface area contributed by atoms with Crippen LogP contribution in [0.1, 0.15) is 37.8 Å². The van der Waals surface area contributed by atoms with Gasteiger partial charge in [-0.1, -0.05) is 24.3 Å². The minimum absolute atomic E-state index is 0.107. The fourth-order valence-electron chi connectivity index (χ4n) is 2.26. The van der Waals surface area contributed by atoms with Crippen LogP contribution in [0.25, 0.3) is 0 Å². The molecule has 0 heterocycles. The molecular weight excluding hydrogens is 238 g/mol. The lowest BCUT2D eigenvalue weighted by atomic mass is 10.1. The van der Waals surface area contributed by atoms with Crippen molar-refractivity contribution in [2.45, 2.75) is 45.7 Å². The number of nitrogens with zero attached hydrogens (tertiary/aromatic N) is 1. The predicted octanol–water partition coefficient (Wildman–Crippen LogP) is 2.93. The van der Waals surface area contributed by atoms with Crippen molar-refractivity contribution in [3.63, 3.8) is 0 Å². The summed E-state index contributed by atoms with van der Waals surface area (Å²) in [6, 6.07) is 8.53. The van der Waals surface area contributed by atoms with Crippen LogP contribution in [0, 0.1) is 5.92 Å². The van der Waals surface area contributed by atoms with Gasteiger partial charge in [-0.15, -0.1) is 0 Å². The Morgan fingerprint density at radius 1 is 1.26 bits per heavy atom. The first-order valence-corrected chi connectivity index (χ1v) is 7.08. The van der Waals surface area contributed by atoms with E-state index in [9.17, 15) is 4.79 Å². The summed E-state index contributed by atoms with van der Waals surface area (Å²) >= 11 is 0. The maximum Gasteiger partial charge on any atom is 0.307 e. The Morgan fingerprint density at radius 2 is 1.84 bits per heavy atom. The highest BCUT2D eigenvalue weighted by Gasteiger charge is 2.25. The van der Waals surface area contributed by atoms with Gasteiger partial charge in [-0.3, -0.25) is 9.69 Å². The third-order valence-corrected chi connectivity index (χ3v) is 3.68. The zero-order valence-electron chi connectivity index (χ0n) is 11.8. The highest BCUT2D eigenvalue weighted by Crippen LogP contribution is 2.30. The topological polar surface area (TPSA) is 40.5 Å². The maximum absolute atomic E-state index is 10.6. The summed E-state index contributed by atoms with van der Waals surface area (Å²) in [6.45, 7) is 6.62. The average Bonchev–Trinajstić information content (AvgIpc) is 3.14. The molecule has 1 N–H and O–H groups in total. The molecule has 0 atom stereocenters. The standard InChI is InChI=1S/C16H23NO2/c1-12(2)17(11-15-7-8-15)10-14-5-3-13(4-6-14)9-16(18)19/h3-6,12,15H,7-11H2,1-2H3,(H,18,19). The van der Waals surface area contributed by atoms with Gasteiger partial charge in [0, 0.05) is 19.1 Å². The first-order valence-electron chi connectivity index (χ1n) is 7.08. The van der Waals surface area contributed by atoms with E-state index in [4.69, 9.17) is 5.11 Å². The fourth-order valence-corrected chi connectivity index (χ4v) is 2.26. The second-order valence-electron chi connectivity index (χ2n) is 5.85. The fraction of sp³-hybridized carbons (Fsp3) is 0.562. The van der Waals surface area contributed by atoms with Crippen molar-refractivity contribution < 1.29 is 9.90 Å². The highest BCUT2D eigenvalue weighted by atomic mass is 16.4. The summed E-state index contributed by atoms with van der Waals surface area (Å²) in [5.74, 6) is 0.124. The Balaban J connectivity index is 1.94. The molecule has 1 aliphatic carbocycles. The molecule has 1 aliphatic rings. The summed E-state index contributed by atoms with van der Waals surface area (Å²) in [5, 5.41) is 8.75. The van der Waals surface area contributed by atoms with Gasteiger partial charge in [0.2, 0.25) is 0 Å². The lowest BCUT2D eigenvalue weighted by Gasteiger charge is -2.26. The van der Waals surface area contributed by atoms with E-state index in [1.807, 2.05) is 12.1 Å². The Kier molecular flexibility index (Phi) is 4.59. The van der Waals surface area contributed by atoms with E-state index in [1.165, 1.54) is 24.9 Å². The van der Waals surface area contributed by atoms with Gasteiger partial charge >= 0.3 is 5.97 Å². The number of aliphatic carboxylic acids is 1. The largest absolute Gasteiger partial charge is 0.481 e. The van der Waals surface area contributed by atoms with Gasteiger partial charge in [0.25, 0.3) is 0 Å². The first kappa shape index (κ1) is 14.1. The Hall–Kier alpha value is -1.35.